The van der Waals surface area contributed by atoms with Crippen LogP contribution in [-0.4, -0.2) is 35.0 Å². The zero-order chi connectivity index (χ0) is 15.0. The fraction of sp³-hybridized carbons (Fsp3) is 0.467. The minimum Gasteiger partial charge on any atom is -0.481 e. The largest absolute Gasteiger partial charge is 0.481 e. The predicted octanol–water partition coefficient (Wildman–Crippen LogP) is 3.68. The van der Waals surface area contributed by atoms with Crippen molar-refractivity contribution >= 4 is 43.9 Å². The predicted molar refractivity (Wildman–Crippen MR) is 85.2 cm³/mol. The molecule has 0 saturated carbocycles. The molecule has 0 radical (unpaired) electrons. The van der Waals surface area contributed by atoms with Gasteiger partial charge in [0.25, 0.3) is 5.91 Å². The van der Waals surface area contributed by atoms with Crippen LogP contribution in [0.25, 0.3) is 9.40 Å². The van der Waals surface area contributed by atoms with Gasteiger partial charge in [-0.25, -0.2) is 0 Å². The smallest absolute Gasteiger partial charge is 0.309 e. The van der Waals surface area contributed by atoms with E-state index in [9.17, 15) is 14.7 Å². The van der Waals surface area contributed by atoms with Gasteiger partial charge in [-0.2, -0.15) is 0 Å². The molecule has 21 heavy (non-hydrogen) atoms. The second kappa shape index (κ2) is 5.42. The summed E-state index contributed by atoms with van der Waals surface area (Å²) >= 11 is 3.16. The van der Waals surface area contributed by atoms with Crippen molar-refractivity contribution in [2.45, 2.75) is 26.2 Å². The van der Waals surface area contributed by atoms with Gasteiger partial charge in [0, 0.05) is 22.5 Å². The van der Waals surface area contributed by atoms with E-state index in [2.05, 4.69) is 0 Å². The second-order valence-electron chi connectivity index (χ2n) is 5.49. The number of thiophene rings is 2. The van der Waals surface area contributed by atoms with E-state index in [0.717, 1.165) is 14.3 Å². The molecule has 4 nitrogen and oxygen atoms in total. The number of amides is 1. The quantitative estimate of drug-likeness (QED) is 0.937. The minimum absolute atomic E-state index is 0.0403. The van der Waals surface area contributed by atoms with Gasteiger partial charge in [0.1, 0.15) is 0 Å². The first kappa shape index (κ1) is 14.5. The van der Waals surface area contributed by atoms with E-state index < -0.39 is 11.4 Å². The molecule has 0 aromatic carbocycles. The number of piperidine rings is 1. The summed E-state index contributed by atoms with van der Waals surface area (Å²) in [4.78, 5) is 26.5. The lowest BCUT2D eigenvalue weighted by Crippen LogP contribution is -2.46. The number of likely N-dealkylation sites (tertiary alicyclic amines) is 1. The molecule has 2 aromatic rings. The Labute approximate surface area is 131 Å². The molecule has 0 bridgehead atoms. The number of carbonyl (C=O) groups excluding carboxylic acids is 1. The van der Waals surface area contributed by atoms with Gasteiger partial charge in [-0.3, -0.25) is 9.59 Å². The highest BCUT2D eigenvalue weighted by molar-refractivity contribution is 7.27. The number of rotatable bonds is 3. The number of carboxylic acid groups (broad SMARTS) is 1. The lowest BCUT2D eigenvalue weighted by Gasteiger charge is -2.38. The summed E-state index contributed by atoms with van der Waals surface area (Å²) in [6.07, 6.45) is 1.72. The molecule has 1 amide bonds. The van der Waals surface area contributed by atoms with Crippen molar-refractivity contribution in [2.75, 3.05) is 13.1 Å². The van der Waals surface area contributed by atoms with Crippen LogP contribution in [0.5, 0.6) is 0 Å². The van der Waals surface area contributed by atoms with E-state index in [1.165, 1.54) is 11.3 Å². The molecule has 2 aromatic heterocycles. The van der Waals surface area contributed by atoms with Gasteiger partial charge in [0.05, 0.1) is 10.3 Å². The molecule has 0 aliphatic carbocycles. The van der Waals surface area contributed by atoms with Crippen LogP contribution in [-0.2, 0) is 4.79 Å². The number of hydrogen-bond donors (Lipinski definition) is 1. The van der Waals surface area contributed by atoms with Crippen molar-refractivity contribution in [3.05, 3.63) is 22.4 Å². The third-order valence-electron chi connectivity index (χ3n) is 4.49. The highest BCUT2D eigenvalue weighted by atomic mass is 32.1. The van der Waals surface area contributed by atoms with Gasteiger partial charge in [-0.05, 0) is 36.8 Å². The maximum absolute atomic E-state index is 12.5. The Bertz CT molecular complexity index is 651. The zero-order valence-corrected chi connectivity index (χ0v) is 13.4. The second-order valence-corrected chi connectivity index (χ2v) is 7.52. The van der Waals surface area contributed by atoms with Crippen LogP contribution in [0.15, 0.2) is 17.5 Å². The molecule has 0 atom stereocenters. The summed E-state index contributed by atoms with van der Waals surface area (Å²) in [5.74, 6) is -0.688. The van der Waals surface area contributed by atoms with Crippen LogP contribution < -0.4 is 0 Å². The van der Waals surface area contributed by atoms with Crippen LogP contribution in [0, 0.1) is 5.41 Å². The number of fused-ring (bicyclic) bond motifs is 1. The Kier molecular flexibility index (Phi) is 3.75. The molecule has 0 unspecified atom stereocenters. The average Bonchev–Trinajstić information content (AvgIpc) is 3.07. The maximum Gasteiger partial charge on any atom is 0.309 e. The van der Waals surface area contributed by atoms with Gasteiger partial charge in [-0.1, -0.05) is 6.92 Å². The molecule has 1 fully saturated rings. The topological polar surface area (TPSA) is 57.6 Å². The summed E-state index contributed by atoms with van der Waals surface area (Å²) in [5, 5.41) is 11.4. The monoisotopic (exact) mass is 323 g/mol. The summed E-state index contributed by atoms with van der Waals surface area (Å²) in [5.41, 5.74) is -0.646. The lowest BCUT2D eigenvalue weighted by molar-refractivity contribution is -0.152. The highest BCUT2D eigenvalue weighted by Gasteiger charge is 2.41. The van der Waals surface area contributed by atoms with Crippen molar-refractivity contribution in [1.82, 2.24) is 4.90 Å². The van der Waals surface area contributed by atoms with E-state index in [1.54, 1.807) is 16.2 Å². The first-order chi connectivity index (χ1) is 10.1. The van der Waals surface area contributed by atoms with Gasteiger partial charge in [-0.15, -0.1) is 22.7 Å². The summed E-state index contributed by atoms with van der Waals surface area (Å²) in [6.45, 7) is 2.98. The molecule has 3 heterocycles. The van der Waals surface area contributed by atoms with E-state index in [0.29, 0.717) is 32.4 Å². The van der Waals surface area contributed by atoms with Crippen molar-refractivity contribution in [2.24, 2.45) is 5.41 Å². The molecule has 3 rings (SSSR count). The third-order valence-corrected chi connectivity index (χ3v) is 6.57. The Balaban J connectivity index is 1.73. The number of hydrogen-bond acceptors (Lipinski definition) is 4. The first-order valence-corrected chi connectivity index (χ1v) is 8.75. The average molecular weight is 323 g/mol. The normalized spacial score (nSPS) is 18.0. The van der Waals surface area contributed by atoms with Crippen LogP contribution >= 0.6 is 22.7 Å². The fourth-order valence-electron chi connectivity index (χ4n) is 2.88. The van der Waals surface area contributed by atoms with Gasteiger partial charge >= 0.3 is 5.97 Å². The molecule has 1 N–H and O–H groups in total. The molecule has 6 heteroatoms. The van der Waals surface area contributed by atoms with Crippen LogP contribution in [0.4, 0.5) is 0 Å². The van der Waals surface area contributed by atoms with E-state index >= 15 is 0 Å². The third kappa shape index (κ3) is 2.46. The maximum atomic E-state index is 12.5. The number of carboxylic acids is 1. The van der Waals surface area contributed by atoms with Gasteiger partial charge in [0.15, 0.2) is 0 Å². The van der Waals surface area contributed by atoms with Crippen LogP contribution in [0.3, 0.4) is 0 Å². The van der Waals surface area contributed by atoms with Gasteiger partial charge < -0.3 is 10.0 Å². The minimum atomic E-state index is -0.728. The molecule has 1 aliphatic heterocycles. The Hall–Kier alpha value is -1.40. The Morgan fingerprint density at radius 1 is 1.33 bits per heavy atom. The zero-order valence-electron chi connectivity index (χ0n) is 11.8. The number of carbonyl (C=O) groups is 2. The van der Waals surface area contributed by atoms with E-state index in [1.807, 2.05) is 24.4 Å². The van der Waals surface area contributed by atoms with Gasteiger partial charge in [0.2, 0.25) is 0 Å². The Morgan fingerprint density at radius 2 is 2.05 bits per heavy atom. The van der Waals surface area contributed by atoms with Crippen molar-refractivity contribution < 1.29 is 14.7 Å². The number of aliphatic carboxylic acids is 1. The SMILES string of the molecule is CCC1(C(=O)O)CCN(C(=O)c2cc3sccc3s2)CC1. The molecule has 112 valence electrons. The van der Waals surface area contributed by atoms with Crippen molar-refractivity contribution in [3.63, 3.8) is 0 Å². The lowest BCUT2D eigenvalue weighted by atomic mass is 9.76. The standard InChI is InChI=1S/C15H17NO3S2/c1-2-15(14(18)19)4-6-16(7-5-15)13(17)12-9-11-10(21-12)3-8-20-11/h3,8-9H,2,4-7H2,1H3,(H,18,19). The molecular formula is C15H17NO3S2. The van der Waals surface area contributed by atoms with Crippen molar-refractivity contribution in [3.8, 4) is 0 Å². The van der Waals surface area contributed by atoms with Crippen molar-refractivity contribution in [1.29, 1.82) is 0 Å². The first-order valence-electron chi connectivity index (χ1n) is 7.05. The van der Waals surface area contributed by atoms with Crippen LogP contribution in [0.1, 0.15) is 35.9 Å². The van der Waals surface area contributed by atoms with E-state index in [-0.39, 0.29) is 5.91 Å². The van der Waals surface area contributed by atoms with E-state index in [4.69, 9.17) is 0 Å². The fourth-order valence-corrected chi connectivity index (χ4v) is 4.96. The molecule has 0 spiro atoms. The summed E-state index contributed by atoms with van der Waals surface area (Å²) in [6, 6.07) is 3.98. The molecule has 1 saturated heterocycles. The molecule has 1 aliphatic rings. The Morgan fingerprint density at radius 3 is 2.62 bits per heavy atom. The number of nitrogens with zero attached hydrogens (tertiary/aromatic N) is 1. The van der Waals surface area contributed by atoms with Crippen LogP contribution in [0.2, 0.25) is 0 Å². The highest BCUT2D eigenvalue weighted by Crippen LogP contribution is 2.36. The molecular weight excluding hydrogens is 306 g/mol. The summed E-state index contributed by atoms with van der Waals surface area (Å²) in [7, 11) is 0. The summed E-state index contributed by atoms with van der Waals surface area (Å²) < 4.78 is 2.29.